The third-order valence-electron chi connectivity index (χ3n) is 4.95. The van der Waals surface area contributed by atoms with Crippen molar-refractivity contribution in [2.24, 2.45) is 5.10 Å². The first-order chi connectivity index (χ1) is 13.1. The molecule has 5 nitrogen and oxygen atoms in total. The molecule has 0 bridgehead atoms. The smallest absolute Gasteiger partial charge is 0.126 e. The number of piperazine rings is 1. The average molecular weight is 387 g/mol. The Hall–Kier alpha value is -2.40. The number of halogens is 1. The van der Waals surface area contributed by atoms with Crippen LogP contribution in [0.15, 0.2) is 47.6 Å². The number of nitrogens with zero attached hydrogens (tertiary/aromatic N) is 4. The van der Waals surface area contributed by atoms with Gasteiger partial charge in [0.25, 0.3) is 0 Å². The molecule has 3 rings (SSSR count). The second kappa shape index (κ2) is 9.00. The first-order valence-corrected chi connectivity index (χ1v) is 9.86. The lowest BCUT2D eigenvalue weighted by Gasteiger charge is -2.34. The summed E-state index contributed by atoms with van der Waals surface area (Å²) in [5.74, 6) is 0.267. The van der Waals surface area contributed by atoms with Crippen LogP contribution < -0.4 is 9.80 Å². The van der Waals surface area contributed by atoms with Crippen LogP contribution in [0.4, 0.5) is 11.4 Å². The Morgan fingerprint density at radius 1 is 1.04 bits per heavy atom. The van der Waals surface area contributed by atoms with Gasteiger partial charge in [0.2, 0.25) is 0 Å². The molecule has 0 atom stereocenters. The van der Waals surface area contributed by atoms with Gasteiger partial charge in [0.15, 0.2) is 0 Å². The van der Waals surface area contributed by atoms with Crippen LogP contribution in [0.25, 0.3) is 0 Å². The van der Waals surface area contributed by atoms with E-state index in [9.17, 15) is 5.11 Å². The van der Waals surface area contributed by atoms with Crippen molar-refractivity contribution in [2.75, 3.05) is 49.1 Å². The minimum absolute atomic E-state index is 0.267. The van der Waals surface area contributed by atoms with E-state index in [2.05, 4.69) is 40.9 Å². The molecule has 144 valence electrons. The summed E-state index contributed by atoms with van der Waals surface area (Å²) in [5.41, 5.74) is 2.96. The SMILES string of the molecule is CCN(CC)c1ccc(/C=N\N2CCN(c3ccc(Cl)cc3)CC2)c(O)c1. The largest absolute Gasteiger partial charge is 0.507 e. The van der Waals surface area contributed by atoms with Gasteiger partial charge in [0.1, 0.15) is 5.75 Å². The minimum Gasteiger partial charge on any atom is -0.507 e. The lowest BCUT2D eigenvalue weighted by atomic mass is 10.2. The van der Waals surface area contributed by atoms with Crippen molar-refractivity contribution in [1.29, 1.82) is 0 Å². The maximum absolute atomic E-state index is 10.3. The number of rotatable bonds is 6. The van der Waals surface area contributed by atoms with Gasteiger partial charge in [-0.3, -0.25) is 5.01 Å². The maximum atomic E-state index is 10.3. The highest BCUT2D eigenvalue weighted by Crippen LogP contribution is 2.24. The maximum Gasteiger partial charge on any atom is 0.126 e. The Bertz CT molecular complexity index is 766. The van der Waals surface area contributed by atoms with Crippen molar-refractivity contribution in [3.8, 4) is 5.75 Å². The molecule has 6 heteroatoms. The van der Waals surface area contributed by atoms with Gasteiger partial charge in [-0.25, -0.2) is 0 Å². The van der Waals surface area contributed by atoms with Crippen molar-refractivity contribution in [3.63, 3.8) is 0 Å². The molecule has 1 aliphatic heterocycles. The summed E-state index contributed by atoms with van der Waals surface area (Å²) in [6.45, 7) is 9.56. The Kier molecular flexibility index (Phi) is 6.45. The van der Waals surface area contributed by atoms with E-state index in [0.717, 1.165) is 55.5 Å². The van der Waals surface area contributed by atoms with E-state index in [4.69, 9.17) is 11.6 Å². The minimum atomic E-state index is 0.267. The molecule has 0 radical (unpaired) electrons. The lowest BCUT2D eigenvalue weighted by molar-refractivity contribution is 0.272. The summed E-state index contributed by atoms with van der Waals surface area (Å²) in [4.78, 5) is 4.54. The molecular weight excluding hydrogens is 360 g/mol. The molecule has 0 aromatic heterocycles. The van der Waals surface area contributed by atoms with E-state index in [0.29, 0.717) is 0 Å². The molecule has 0 spiro atoms. The molecule has 0 saturated carbocycles. The zero-order chi connectivity index (χ0) is 19.2. The number of aromatic hydroxyl groups is 1. The summed E-state index contributed by atoms with van der Waals surface area (Å²) in [7, 11) is 0. The van der Waals surface area contributed by atoms with Crippen LogP contribution in [-0.2, 0) is 0 Å². The van der Waals surface area contributed by atoms with E-state index in [1.54, 1.807) is 6.21 Å². The highest BCUT2D eigenvalue weighted by atomic mass is 35.5. The van der Waals surface area contributed by atoms with E-state index in [1.165, 1.54) is 5.69 Å². The summed E-state index contributed by atoms with van der Waals surface area (Å²) in [6.07, 6.45) is 1.75. The second-order valence-electron chi connectivity index (χ2n) is 6.58. The monoisotopic (exact) mass is 386 g/mol. The van der Waals surface area contributed by atoms with Crippen molar-refractivity contribution >= 4 is 29.2 Å². The molecule has 1 N–H and O–H groups in total. The molecule has 1 fully saturated rings. The number of phenols is 1. The summed E-state index contributed by atoms with van der Waals surface area (Å²) in [5, 5.41) is 17.7. The number of hydrogen-bond acceptors (Lipinski definition) is 5. The van der Waals surface area contributed by atoms with Crippen LogP contribution in [0, 0.1) is 0 Å². The summed E-state index contributed by atoms with van der Waals surface area (Å²) < 4.78 is 0. The van der Waals surface area contributed by atoms with Crippen LogP contribution in [0.5, 0.6) is 5.75 Å². The highest BCUT2D eigenvalue weighted by Gasteiger charge is 2.15. The average Bonchev–Trinajstić information content (AvgIpc) is 2.69. The second-order valence-corrected chi connectivity index (χ2v) is 7.01. The van der Waals surface area contributed by atoms with Crippen molar-refractivity contribution in [2.45, 2.75) is 13.8 Å². The molecular formula is C21H27ClN4O. The zero-order valence-electron chi connectivity index (χ0n) is 16.0. The normalized spacial score (nSPS) is 14.8. The number of phenolic OH excluding ortho intramolecular Hbond substituents is 1. The number of anilines is 2. The van der Waals surface area contributed by atoms with E-state index < -0.39 is 0 Å². The highest BCUT2D eigenvalue weighted by molar-refractivity contribution is 6.30. The molecule has 2 aromatic carbocycles. The molecule has 0 amide bonds. The quantitative estimate of drug-likeness (QED) is 0.760. The van der Waals surface area contributed by atoms with E-state index in [-0.39, 0.29) is 5.75 Å². The van der Waals surface area contributed by atoms with Gasteiger partial charge in [0.05, 0.1) is 19.3 Å². The number of hydrogen-bond donors (Lipinski definition) is 1. The first-order valence-electron chi connectivity index (χ1n) is 9.48. The standard InChI is InChI=1S/C21H27ClN4O/c1-3-24(4-2)20-8-5-17(21(27)15-20)16-23-26-13-11-25(12-14-26)19-9-6-18(22)7-10-19/h5-10,15-16,27H,3-4,11-14H2,1-2H3/b23-16-. The predicted octanol–water partition coefficient (Wildman–Crippen LogP) is 4.05. The van der Waals surface area contributed by atoms with Crippen LogP contribution in [0.1, 0.15) is 19.4 Å². The molecule has 1 aliphatic rings. The predicted molar refractivity (Wildman–Crippen MR) is 114 cm³/mol. The Morgan fingerprint density at radius 2 is 1.70 bits per heavy atom. The van der Waals surface area contributed by atoms with Gasteiger partial charge < -0.3 is 14.9 Å². The van der Waals surface area contributed by atoms with Crippen LogP contribution in [-0.4, -0.2) is 55.6 Å². The molecule has 0 unspecified atom stereocenters. The van der Waals surface area contributed by atoms with Crippen molar-refractivity contribution in [1.82, 2.24) is 5.01 Å². The first kappa shape index (κ1) is 19.4. The van der Waals surface area contributed by atoms with Gasteiger partial charge in [-0.15, -0.1) is 0 Å². The van der Waals surface area contributed by atoms with Crippen molar-refractivity contribution in [3.05, 3.63) is 53.1 Å². The molecule has 0 aliphatic carbocycles. The van der Waals surface area contributed by atoms with Gasteiger partial charge in [-0.05, 0) is 50.2 Å². The summed E-state index contributed by atoms with van der Waals surface area (Å²) >= 11 is 5.96. The molecule has 1 heterocycles. The Balaban J connectivity index is 1.58. The number of hydrazone groups is 1. The molecule has 1 saturated heterocycles. The number of benzene rings is 2. The fourth-order valence-corrected chi connectivity index (χ4v) is 3.42. The molecule has 2 aromatic rings. The lowest BCUT2D eigenvalue weighted by Crippen LogP contribution is -2.44. The van der Waals surface area contributed by atoms with Gasteiger partial charge in [-0.1, -0.05) is 11.6 Å². The third-order valence-corrected chi connectivity index (χ3v) is 5.20. The third kappa shape index (κ3) is 4.86. The Labute approximate surface area is 166 Å². The van der Waals surface area contributed by atoms with Gasteiger partial charge >= 0.3 is 0 Å². The Morgan fingerprint density at radius 3 is 2.30 bits per heavy atom. The molecule has 27 heavy (non-hydrogen) atoms. The van der Waals surface area contributed by atoms with Crippen LogP contribution >= 0.6 is 11.6 Å². The van der Waals surface area contributed by atoms with Crippen LogP contribution in [0.3, 0.4) is 0 Å². The van der Waals surface area contributed by atoms with Crippen molar-refractivity contribution < 1.29 is 5.11 Å². The topological polar surface area (TPSA) is 42.3 Å². The fourth-order valence-electron chi connectivity index (χ4n) is 3.29. The van der Waals surface area contributed by atoms with E-state index >= 15 is 0 Å². The summed E-state index contributed by atoms with van der Waals surface area (Å²) in [6, 6.07) is 13.7. The fraction of sp³-hybridized carbons (Fsp3) is 0.381. The van der Waals surface area contributed by atoms with Gasteiger partial charge in [0, 0.05) is 54.2 Å². The van der Waals surface area contributed by atoms with Gasteiger partial charge in [-0.2, -0.15) is 5.10 Å². The van der Waals surface area contributed by atoms with E-state index in [1.807, 2.05) is 35.3 Å². The van der Waals surface area contributed by atoms with Crippen LogP contribution in [0.2, 0.25) is 5.02 Å². The zero-order valence-corrected chi connectivity index (χ0v) is 16.7.